The predicted octanol–water partition coefficient (Wildman–Crippen LogP) is 2.49. The Morgan fingerprint density at radius 1 is 1.26 bits per heavy atom. The third-order valence-corrected chi connectivity index (χ3v) is 8.26. The number of hydrogen-bond acceptors (Lipinski definition) is 7. The third-order valence-electron chi connectivity index (χ3n) is 8.26. The molecule has 204 valence electrons. The van der Waals surface area contributed by atoms with E-state index in [1.165, 1.54) is 0 Å². The first-order valence-corrected chi connectivity index (χ1v) is 13.4. The highest BCUT2D eigenvalue weighted by atomic mass is 16.5. The molecular formula is C27H36N6O5. The monoisotopic (exact) mass is 524 g/mol. The van der Waals surface area contributed by atoms with Gasteiger partial charge in [-0.3, -0.25) is 19.1 Å². The summed E-state index contributed by atoms with van der Waals surface area (Å²) in [6.07, 6.45) is 8.16. The molecule has 2 aromatic rings. The number of hydrogen-bond donors (Lipinski definition) is 3. The second-order valence-electron chi connectivity index (χ2n) is 10.7. The van der Waals surface area contributed by atoms with Crippen molar-refractivity contribution in [1.29, 1.82) is 0 Å². The van der Waals surface area contributed by atoms with E-state index in [1.54, 1.807) is 36.3 Å². The molecule has 3 N–H and O–H groups in total. The number of rotatable bonds is 8. The highest BCUT2D eigenvalue weighted by Gasteiger charge is 2.48. The first-order chi connectivity index (χ1) is 18.4. The van der Waals surface area contributed by atoms with Crippen LogP contribution >= 0.6 is 0 Å². The topological polar surface area (TPSA) is 136 Å². The fourth-order valence-electron chi connectivity index (χ4n) is 5.91. The van der Waals surface area contributed by atoms with Gasteiger partial charge < -0.3 is 25.4 Å². The molecule has 2 aromatic heterocycles. The molecule has 4 heterocycles. The molecular weight excluding hydrogens is 488 g/mol. The summed E-state index contributed by atoms with van der Waals surface area (Å²) in [4.78, 5) is 44.2. The van der Waals surface area contributed by atoms with E-state index in [2.05, 4.69) is 33.0 Å². The number of nitrogens with one attached hydrogen (secondary N) is 3. The van der Waals surface area contributed by atoms with Crippen LogP contribution in [0.1, 0.15) is 61.5 Å². The van der Waals surface area contributed by atoms with Crippen molar-refractivity contribution in [2.24, 2.45) is 11.8 Å². The molecule has 0 bridgehead atoms. The zero-order chi connectivity index (χ0) is 26.7. The predicted molar refractivity (Wildman–Crippen MR) is 140 cm³/mol. The molecule has 0 aromatic carbocycles. The van der Waals surface area contributed by atoms with Gasteiger partial charge in [0.25, 0.3) is 5.91 Å². The summed E-state index contributed by atoms with van der Waals surface area (Å²) in [5.74, 6) is 0.219. The van der Waals surface area contributed by atoms with Crippen molar-refractivity contribution in [3.63, 3.8) is 0 Å². The maximum Gasteiger partial charge on any atom is 0.270 e. The fourth-order valence-corrected chi connectivity index (χ4v) is 5.91. The van der Waals surface area contributed by atoms with E-state index in [1.807, 2.05) is 0 Å². The van der Waals surface area contributed by atoms with Crippen molar-refractivity contribution in [2.75, 3.05) is 37.6 Å². The van der Waals surface area contributed by atoms with Crippen LogP contribution in [-0.4, -0.2) is 65.5 Å². The summed E-state index contributed by atoms with van der Waals surface area (Å²) < 4.78 is 12.2. The minimum Gasteiger partial charge on any atom is -0.383 e. The Kier molecular flexibility index (Phi) is 7.75. The molecule has 1 saturated heterocycles. The molecule has 3 amide bonds. The molecule has 0 unspecified atom stereocenters. The summed E-state index contributed by atoms with van der Waals surface area (Å²) in [6.45, 7) is 4.12. The van der Waals surface area contributed by atoms with Gasteiger partial charge in [0.15, 0.2) is 0 Å². The van der Waals surface area contributed by atoms with Crippen LogP contribution in [0.5, 0.6) is 0 Å². The number of aromatic nitrogens is 3. The van der Waals surface area contributed by atoms with Crippen LogP contribution in [0, 0.1) is 11.8 Å². The van der Waals surface area contributed by atoms with Gasteiger partial charge in [0.1, 0.15) is 17.6 Å². The summed E-state index contributed by atoms with van der Waals surface area (Å²) in [5, 5.41) is 13.1. The van der Waals surface area contributed by atoms with E-state index in [0.717, 1.165) is 31.2 Å². The quantitative estimate of drug-likeness (QED) is 0.483. The molecule has 11 heteroatoms. The van der Waals surface area contributed by atoms with Gasteiger partial charge in [-0.15, -0.1) is 0 Å². The Hall–Kier alpha value is -3.31. The van der Waals surface area contributed by atoms with Crippen molar-refractivity contribution in [2.45, 2.75) is 63.5 Å². The van der Waals surface area contributed by atoms with Crippen LogP contribution in [0.3, 0.4) is 0 Å². The van der Waals surface area contributed by atoms with Gasteiger partial charge >= 0.3 is 0 Å². The maximum atomic E-state index is 13.6. The van der Waals surface area contributed by atoms with Crippen molar-refractivity contribution in [1.82, 2.24) is 20.1 Å². The van der Waals surface area contributed by atoms with Gasteiger partial charge in [-0.05, 0) is 43.6 Å². The number of carbonyl (C=O) groups excluding carboxylic acids is 3. The summed E-state index contributed by atoms with van der Waals surface area (Å²) in [5.41, 5.74) is 1.27. The Balaban J connectivity index is 1.34. The molecule has 11 nitrogen and oxygen atoms in total. The number of amides is 3. The van der Waals surface area contributed by atoms with Crippen molar-refractivity contribution in [3.05, 3.63) is 35.8 Å². The fraction of sp³-hybridized carbons (Fsp3) is 0.593. The number of methoxy groups -OCH3 is 1. The van der Waals surface area contributed by atoms with Gasteiger partial charge in [-0.1, -0.05) is 19.8 Å². The zero-order valence-electron chi connectivity index (χ0n) is 22.0. The van der Waals surface area contributed by atoms with E-state index in [9.17, 15) is 14.4 Å². The molecule has 1 atom stereocenters. The normalized spacial score (nSPS) is 22.9. The van der Waals surface area contributed by atoms with Gasteiger partial charge in [0.2, 0.25) is 11.8 Å². The lowest BCUT2D eigenvalue weighted by molar-refractivity contribution is -0.124. The molecule has 0 radical (unpaired) electrons. The number of fused-ring (bicyclic) bond motifs is 2. The summed E-state index contributed by atoms with van der Waals surface area (Å²) >= 11 is 0. The van der Waals surface area contributed by atoms with Gasteiger partial charge in [0.05, 0.1) is 24.3 Å². The van der Waals surface area contributed by atoms with E-state index < -0.39 is 11.5 Å². The first kappa shape index (κ1) is 26.3. The van der Waals surface area contributed by atoms with Crippen LogP contribution in [-0.2, 0) is 31.0 Å². The summed E-state index contributed by atoms with van der Waals surface area (Å²) in [7, 11) is 1.59. The van der Waals surface area contributed by atoms with Crippen LogP contribution in [0.25, 0.3) is 0 Å². The highest BCUT2D eigenvalue weighted by molar-refractivity contribution is 6.07. The molecule has 5 rings (SSSR count). The van der Waals surface area contributed by atoms with E-state index in [4.69, 9.17) is 9.47 Å². The maximum absolute atomic E-state index is 13.6. The molecule has 3 aliphatic rings. The molecule has 1 aliphatic carbocycles. The van der Waals surface area contributed by atoms with Crippen molar-refractivity contribution in [3.8, 4) is 0 Å². The van der Waals surface area contributed by atoms with E-state index >= 15 is 0 Å². The molecule has 2 fully saturated rings. The van der Waals surface area contributed by atoms with Gasteiger partial charge in [0, 0.05) is 44.3 Å². The van der Waals surface area contributed by atoms with Crippen LogP contribution in [0.2, 0.25) is 0 Å². The Morgan fingerprint density at radius 3 is 2.76 bits per heavy atom. The van der Waals surface area contributed by atoms with E-state index in [0.29, 0.717) is 62.3 Å². The van der Waals surface area contributed by atoms with Crippen LogP contribution in [0.15, 0.2) is 24.5 Å². The zero-order valence-corrected chi connectivity index (χ0v) is 22.0. The largest absolute Gasteiger partial charge is 0.383 e. The van der Waals surface area contributed by atoms with Crippen molar-refractivity contribution < 1.29 is 23.9 Å². The Bertz CT molecular complexity index is 1180. The standard InChI is InChI=1S/C27H36N6O5/c1-17-3-5-18(6-4-17)23(32-24(34)21-7-10-29-33(21)11-14-37-2)25(35)31-22-15-20-19(16-28-22)27(26(36)30-20)8-12-38-13-9-27/h7,10,15-18,23H,3-6,8-9,11-14H2,1-2H3,(H,30,36)(H,32,34)(H,28,31,35)/t17?,18?,23-/m0/s1. The first-order valence-electron chi connectivity index (χ1n) is 13.4. The lowest BCUT2D eigenvalue weighted by atomic mass is 9.76. The van der Waals surface area contributed by atoms with Gasteiger partial charge in [-0.25, -0.2) is 4.98 Å². The minimum absolute atomic E-state index is 0.00475. The van der Waals surface area contributed by atoms with Crippen LogP contribution < -0.4 is 16.0 Å². The van der Waals surface area contributed by atoms with Crippen molar-refractivity contribution >= 4 is 29.2 Å². The van der Waals surface area contributed by atoms with E-state index in [-0.39, 0.29) is 23.6 Å². The SMILES string of the molecule is COCCn1nccc1C(=O)N[C@H](C(=O)Nc1cc2c(cn1)C1(CCOCC1)C(=O)N2)C1CCC(C)CC1. The molecule has 1 spiro atoms. The highest BCUT2D eigenvalue weighted by Crippen LogP contribution is 2.44. The van der Waals surface area contributed by atoms with Gasteiger partial charge in [-0.2, -0.15) is 5.10 Å². The molecule has 1 saturated carbocycles. The third kappa shape index (κ3) is 5.17. The lowest BCUT2D eigenvalue weighted by Gasteiger charge is -2.32. The average Bonchev–Trinajstić information content (AvgIpc) is 3.49. The van der Waals surface area contributed by atoms with Crippen LogP contribution in [0.4, 0.5) is 11.5 Å². The Labute approximate surface area is 222 Å². The number of anilines is 2. The number of carbonyl (C=O) groups is 3. The average molecular weight is 525 g/mol. The molecule has 38 heavy (non-hydrogen) atoms. The molecule has 2 aliphatic heterocycles. The number of ether oxygens (including phenoxy) is 2. The second kappa shape index (κ2) is 11.2. The summed E-state index contributed by atoms with van der Waals surface area (Å²) in [6, 6.07) is 2.61. The second-order valence-corrected chi connectivity index (χ2v) is 10.7. The minimum atomic E-state index is -0.729. The number of pyridine rings is 1. The Morgan fingerprint density at radius 2 is 2.03 bits per heavy atom. The lowest BCUT2D eigenvalue weighted by Crippen LogP contribution is -2.49. The number of nitrogens with zero attached hydrogens (tertiary/aromatic N) is 3. The smallest absolute Gasteiger partial charge is 0.270 e.